The fourth-order valence-electron chi connectivity index (χ4n) is 2.13. The lowest BCUT2D eigenvalue weighted by Crippen LogP contribution is -1.99. The molecule has 5 heteroatoms. The Morgan fingerprint density at radius 1 is 1.42 bits per heavy atom. The molecule has 1 atom stereocenters. The van der Waals surface area contributed by atoms with E-state index < -0.39 is 0 Å². The van der Waals surface area contributed by atoms with Crippen molar-refractivity contribution < 1.29 is 14.1 Å². The van der Waals surface area contributed by atoms with Crippen LogP contribution in [0.5, 0.6) is 0 Å². The van der Waals surface area contributed by atoms with Crippen LogP contribution >= 0.6 is 0 Å². The number of carbonyl (C=O) groups excluding carboxylic acids is 1. The van der Waals surface area contributed by atoms with E-state index in [1.54, 1.807) is 12.1 Å². The topological polar surface area (TPSA) is 65.2 Å². The summed E-state index contributed by atoms with van der Waals surface area (Å²) in [5.74, 6) is 1.37. The molecule has 0 N–H and O–H groups in total. The summed E-state index contributed by atoms with van der Waals surface area (Å²) >= 11 is 0. The van der Waals surface area contributed by atoms with Gasteiger partial charge in [0.05, 0.1) is 6.61 Å². The highest BCUT2D eigenvalue weighted by Crippen LogP contribution is 2.25. The Balaban J connectivity index is 1.89. The zero-order valence-electron chi connectivity index (χ0n) is 10.6. The molecule has 0 saturated carbocycles. The van der Waals surface area contributed by atoms with Crippen LogP contribution in [0, 0.1) is 0 Å². The lowest BCUT2D eigenvalue weighted by atomic mass is 10.1. The predicted octanol–water partition coefficient (Wildman–Crippen LogP) is 2.44. The molecule has 1 aliphatic rings. The highest BCUT2D eigenvalue weighted by Gasteiger charge is 2.23. The Morgan fingerprint density at radius 3 is 3.05 bits per heavy atom. The van der Waals surface area contributed by atoms with E-state index in [4.69, 9.17) is 9.26 Å². The van der Waals surface area contributed by atoms with Crippen molar-refractivity contribution in [2.45, 2.75) is 19.3 Å². The Hall–Kier alpha value is -2.01. The number of benzene rings is 1. The van der Waals surface area contributed by atoms with E-state index in [2.05, 4.69) is 10.1 Å². The summed E-state index contributed by atoms with van der Waals surface area (Å²) in [5.41, 5.74) is 1.41. The summed E-state index contributed by atoms with van der Waals surface area (Å²) in [4.78, 5) is 15.8. The van der Waals surface area contributed by atoms with E-state index >= 15 is 0 Å². The fraction of sp³-hybridized carbons (Fsp3) is 0.357. The number of hydrogen-bond acceptors (Lipinski definition) is 5. The van der Waals surface area contributed by atoms with Crippen LogP contribution in [0.4, 0.5) is 0 Å². The van der Waals surface area contributed by atoms with Gasteiger partial charge in [0.1, 0.15) is 0 Å². The average molecular weight is 258 g/mol. The molecule has 1 aromatic carbocycles. The van der Waals surface area contributed by atoms with Gasteiger partial charge in [-0.25, -0.2) is 0 Å². The van der Waals surface area contributed by atoms with Gasteiger partial charge in [0, 0.05) is 23.7 Å². The highest BCUT2D eigenvalue weighted by molar-refractivity contribution is 5.95. The predicted molar refractivity (Wildman–Crippen MR) is 67.9 cm³/mol. The molecule has 1 aromatic heterocycles. The highest BCUT2D eigenvalue weighted by atomic mass is 16.5. The van der Waals surface area contributed by atoms with E-state index in [1.165, 1.54) is 6.92 Å². The van der Waals surface area contributed by atoms with Crippen molar-refractivity contribution in [1.82, 2.24) is 10.1 Å². The minimum absolute atomic E-state index is 0.0192. The molecule has 0 bridgehead atoms. The van der Waals surface area contributed by atoms with Crippen molar-refractivity contribution in [3.8, 4) is 11.5 Å². The summed E-state index contributed by atoms with van der Waals surface area (Å²) in [6.07, 6.45) is 0.923. The molecule has 0 unspecified atom stereocenters. The van der Waals surface area contributed by atoms with Crippen molar-refractivity contribution in [2.75, 3.05) is 13.2 Å². The normalized spacial score (nSPS) is 18.7. The maximum atomic E-state index is 11.4. The smallest absolute Gasteiger partial charge is 0.257 e. The molecular weight excluding hydrogens is 244 g/mol. The molecule has 2 heterocycles. The molecule has 1 fully saturated rings. The van der Waals surface area contributed by atoms with Crippen LogP contribution in [0.2, 0.25) is 0 Å². The summed E-state index contributed by atoms with van der Waals surface area (Å²) in [6.45, 7) is 2.93. The summed E-state index contributed by atoms with van der Waals surface area (Å²) in [6, 6.07) is 7.21. The van der Waals surface area contributed by atoms with Crippen molar-refractivity contribution in [1.29, 1.82) is 0 Å². The summed E-state index contributed by atoms with van der Waals surface area (Å²) in [5, 5.41) is 4.00. The molecule has 0 spiro atoms. The van der Waals surface area contributed by atoms with Crippen molar-refractivity contribution in [2.24, 2.45) is 0 Å². The first-order valence-electron chi connectivity index (χ1n) is 6.27. The zero-order valence-corrected chi connectivity index (χ0v) is 10.6. The molecule has 5 nitrogen and oxygen atoms in total. The molecule has 2 aromatic rings. The van der Waals surface area contributed by atoms with Gasteiger partial charge in [-0.1, -0.05) is 17.3 Å². The van der Waals surface area contributed by atoms with Crippen LogP contribution in [-0.2, 0) is 4.74 Å². The number of ketones is 1. The number of hydrogen-bond donors (Lipinski definition) is 0. The standard InChI is InChI=1S/C14H14N2O3/c1-9(17)10-3-2-4-11(7-10)14-15-13(16-19-14)12-5-6-18-8-12/h2-4,7,12H,5-6,8H2,1H3/t12-/m0/s1. The lowest BCUT2D eigenvalue weighted by molar-refractivity contribution is 0.101. The first-order valence-corrected chi connectivity index (χ1v) is 6.27. The quantitative estimate of drug-likeness (QED) is 0.791. The third-order valence-corrected chi connectivity index (χ3v) is 3.25. The van der Waals surface area contributed by atoms with Crippen LogP contribution in [-0.4, -0.2) is 29.1 Å². The minimum Gasteiger partial charge on any atom is -0.381 e. The Kier molecular flexibility index (Phi) is 3.13. The molecule has 1 saturated heterocycles. The first-order chi connectivity index (χ1) is 9.24. The van der Waals surface area contributed by atoms with Crippen LogP contribution in [0.3, 0.4) is 0 Å². The van der Waals surface area contributed by atoms with E-state index in [1.807, 2.05) is 12.1 Å². The average Bonchev–Trinajstić information content (AvgIpc) is 3.09. The number of Topliss-reactive ketones (excluding diaryl/α,β-unsaturated/α-hetero) is 1. The van der Waals surface area contributed by atoms with Crippen LogP contribution in [0.1, 0.15) is 35.4 Å². The molecular formula is C14H14N2O3. The summed E-state index contributed by atoms with van der Waals surface area (Å²) < 4.78 is 10.6. The second-order valence-electron chi connectivity index (χ2n) is 4.66. The van der Waals surface area contributed by atoms with E-state index in [9.17, 15) is 4.79 Å². The number of ether oxygens (including phenoxy) is 1. The van der Waals surface area contributed by atoms with Gasteiger partial charge in [0.25, 0.3) is 5.89 Å². The molecule has 19 heavy (non-hydrogen) atoms. The van der Waals surface area contributed by atoms with Gasteiger partial charge in [0.15, 0.2) is 11.6 Å². The first kappa shape index (κ1) is 12.0. The number of rotatable bonds is 3. The maximum absolute atomic E-state index is 11.4. The Morgan fingerprint density at radius 2 is 2.32 bits per heavy atom. The SMILES string of the molecule is CC(=O)c1cccc(-c2nc([C@H]3CCOC3)no2)c1. The van der Waals surface area contributed by atoms with E-state index in [-0.39, 0.29) is 11.7 Å². The van der Waals surface area contributed by atoms with Crippen LogP contribution in [0.15, 0.2) is 28.8 Å². The monoisotopic (exact) mass is 258 g/mol. The third kappa shape index (κ3) is 2.42. The third-order valence-electron chi connectivity index (χ3n) is 3.25. The molecule has 0 amide bonds. The fourth-order valence-corrected chi connectivity index (χ4v) is 2.13. The van der Waals surface area contributed by atoms with Gasteiger partial charge in [-0.2, -0.15) is 4.98 Å². The zero-order chi connectivity index (χ0) is 13.2. The summed E-state index contributed by atoms with van der Waals surface area (Å²) in [7, 11) is 0. The van der Waals surface area contributed by atoms with Gasteiger partial charge < -0.3 is 9.26 Å². The van der Waals surface area contributed by atoms with E-state index in [0.29, 0.717) is 23.9 Å². The van der Waals surface area contributed by atoms with Crippen LogP contribution in [0.25, 0.3) is 11.5 Å². The molecule has 3 rings (SSSR count). The molecule has 0 radical (unpaired) electrons. The second kappa shape index (κ2) is 4.93. The number of aromatic nitrogens is 2. The van der Waals surface area contributed by atoms with Crippen molar-refractivity contribution in [3.05, 3.63) is 35.7 Å². The largest absolute Gasteiger partial charge is 0.381 e. The van der Waals surface area contributed by atoms with Gasteiger partial charge in [0.2, 0.25) is 0 Å². The molecule has 98 valence electrons. The van der Waals surface area contributed by atoms with Gasteiger partial charge in [-0.3, -0.25) is 4.79 Å². The van der Waals surface area contributed by atoms with Gasteiger partial charge >= 0.3 is 0 Å². The van der Waals surface area contributed by atoms with Crippen molar-refractivity contribution in [3.63, 3.8) is 0 Å². The number of nitrogens with zero attached hydrogens (tertiary/aromatic N) is 2. The molecule has 1 aliphatic heterocycles. The second-order valence-corrected chi connectivity index (χ2v) is 4.66. The lowest BCUT2D eigenvalue weighted by Gasteiger charge is -1.99. The maximum Gasteiger partial charge on any atom is 0.257 e. The molecule has 0 aliphatic carbocycles. The van der Waals surface area contributed by atoms with Crippen molar-refractivity contribution >= 4 is 5.78 Å². The van der Waals surface area contributed by atoms with Gasteiger partial charge in [-0.15, -0.1) is 0 Å². The minimum atomic E-state index is 0.0192. The van der Waals surface area contributed by atoms with E-state index in [0.717, 1.165) is 18.6 Å². The van der Waals surface area contributed by atoms with Gasteiger partial charge in [-0.05, 0) is 25.5 Å². The Bertz CT molecular complexity index is 600. The number of carbonyl (C=O) groups is 1. The van der Waals surface area contributed by atoms with Crippen LogP contribution < -0.4 is 0 Å². The Labute approximate surface area is 110 Å².